The predicted molar refractivity (Wildman–Crippen MR) is 119 cm³/mol. The van der Waals surface area contributed by atoms with Crippen LogP contribution in [-0.4, -0.2) is 35.7 Å². The number of hydrogen-bond acceptors (Lipinski definition) is 7. The van der Waals surface area contributed by atoms with Gasteiger partial charge in [0.1, 0.15) is 4.88 Å². The summed E-state index contributed by atoms with van der Waals surface area (Å²) in [6.07, 6.45) is 3.42. The number of amides is 1. The summed E-state index contributed by atoms with van der Waals surface area (Å²) in [5, 5.41) is 17.0. The Balaban J connectivity index is 1.42. The lowest BCUT2D eigenvalue weighted by molar-refractivity contribution is 0.103. The van der Waals surface area contributed by atoms with E-state index in [1.165, 1.54) is 11.3 Å². The van der Waals surface area contributed by atoms with Crippen molar-refractivity contribution in [2.24, 2.45) is 0 Å². The highest BCUT2D eigenvalue weighted by Gasteiger charge is 2.14. The maximum Gasteiger partial charge on any atom is 0.267 e. The second-order valence-corrected chi connectivity index (χ2v) is 8.13. The van der Waals surface area contributed by atoms with Crippen LogP contribution in [0.5, 0.6) is 0 Å². The molecule has 0 saturated heterocycles. The van der Waals surface area contributed by atoms with Gasteiger partial charge in [0.25, 0.3) is 5.91 Å². The van der Waals surface area contributed by atoms with Crippen molar-refractivity contribution >= 4 is 28.6 Å². The van der Waals surface area contributed by atoms with E-state index in [1.54, 1.807) is 16.9 Å². The number of fused-ring (bicyclic) bond motifs is 1. The summed E-state index contributed by atoms with van der Waals surface area (Å²) >= 11 is 1.39. The van der Waals surface area contributed by atoms with Crippen LogP contribution < -0.4 is 5.32 Å². The van der Waals surface area contributed by atoms with Crippen molar-refractivity contribution in [3.05, 3.63) is 76.5 Å². The first-order valence-electron chi connectivity index (χ1n) is 9.57. The molecule has 0 bridgehead atoms. The van der Waals surface area contributed by atoms with E-state index in [0.29, 0.717) is 22.0 Å². The van der Waals surface area contributed by atoms with Crippen molar-refractivity contribution < 1.29 is 4.79 Å². The number of carbonyl (C=O) groups excluding carboxylic acids is 1. The molecule has 4 aromatic heterocycles. The van der Waals surface area contributed by atoms with Gasteiger partial charge in [0.05, 0.1) is 16.4 Å². The van der Waals surface area contributed by atoms with Crippen LogP contribution in [0.15, 0.2) is 60.9 Å². The maximum absolute atomic E-state index is 12.5. The van der Waals surface area contributed by atoms with Crippen molar-refractivity contribution in [3.63, 3.8) is 0 Å². The summed E-state index contributed by atoms with van der Waals surface area (Å²) in [6, 6.07) is 15.1. The van der Waals surface area contributed by atoms with Gasteiger partial charge in [-0.15, -0.1) is 21.5 Å². The summed E-state index contributed by atoms with van der Waals surface area (Å²) in [5.74, 6) is 0.500. The van der Waals surface area contributed by atoms with Crippen molar-refractivity contribution in [2.45, 2.75) is 13.8 Å². The largest absolute Gasteiger partial charge is 0.321 e. The van der Waals surface area contributed by atoms with Crippen LogP contribution in [0.25, 0.3) is 28.3 Å². The number of carbonyl (C=O) groups is 1. The quantitative estimate of drug-likeness (QED) is 0.462. The molecule has 5 rings (SSSR count). The monoisotopic (exact) mass is 427 g/mol. The molecular weight excluding hydrogens is 410 g/mol. The van der Waals surface area contributed by atoms with Crippen LogP contribution >= 0.6 is 11.3 Å². The number of aromatic nitrogens is 6. The van der Waals surface area contributed by atoms with Crippen molar-refractivity contribution in [1.29, 1.82) is 0 Å². The molecule has 9 heteroatoms. The Morgan fingerprint density at radius 2 is 1.71 bits per heavy atom. The van der Waals surface area contributed by atoms with E-state index in [1.807, 2.05) is 62.4 Å². The smallest absolute Gasteiger partial charge is 0.267 e. The number of anilines is 1. The van der Waals surface area contributed by atoms with Gasteiger partial charge in [0, 0.05) is 29.2 Å². The Labute approximate surface area is 181 Å². The van der Waals surface area contributed by atoms with E-state index in [2.05, 4.69) is 25.5 Å². The summed E-state index contributed by atoms with van der Waals surface area (Å²) in [5.41, 5.74) is 4.69. The van der Waals surface area contributed by atoms with E-state index in [-0.39, 0.29) is 5.91 Å². The standard InChI is InChI=1S/C22H17N7OS/c1-13-20(31-14(2)24-13)22(30)25-17-5-3-15(4-6-17)18-7-8-19-26-27-21(29(19)28-18)16-9-11-23-12-10-16/h3-12H,1-2H3,(H,25,30). The molecule has 0 unspecified atom stereocenters. The molecular formula is C22H17N7OS. The molecule has 152 valence electrons. The number of benzene rings is 1. The lowest BCUT2D eigenvalue weighted by Crippen LogP contribution is -2.11. The molecule has 0 atom stereocenters. The lowest BCUT2D eigenvalue weighted by atomic mass is 10.1. The van der Waals surface area contributed by atoms with Gasteiger partial charge in [0.2, 0.25) is 0 Å². The van der Waals surface area contributed by atoms with Gasteiger partial charge < -0.3 is 5.32 Å². The highest BCUT2D eigenvalue weighted by molar-refractivity contribution is 7.13. The minimum Gasteiger partial charge on any atom is -0.321 e. The average Bonchev–Trinajstić information content (AvgIpc) is 3.36. The third kappa shape index (κ3) is 3.66. The van der Waals surface area contributed by atoms with Gasteiger partial charge in [-0.2, -0.15) is 9.61 Å². The maximum atomic E-state index is 12.5. The SMILES string of the molecule is Cc1nc(C)c(C(=O)Nc2ccc(-c3ccc4nnc(-c5ccncc5)n4n3)cc2)s1. The summed E-state index contributed by atoms with van der Waals surface area (Å²) in [6.45, 7) is 3.73. The zero-order valence-electron chi connectivity index (χ0n) is 16.8. The molecule has 1 aromatic carbocycles. The fraction of sp³-hybridized carbons (Fsp3) is 0.0909. The molecule has 0 fully saturated rings. The van der Waals surface area contributed by atoms with Gasteiger partial charge in [0.15, 0.2) is 11.5 Å². The van der Waals surface area contributed by atoms with Crippen molar-refractivity contribution in [3.8, 4) is 22.6 Å². The molecule has 0 saturated carbocycles. The van der Waals surface area contributed by atoms with E-state index in [0.717, 1.165) is 27.5 Å². The predicted octanol–water partition coefficient (Wildman–Crippen LogP) is 4.18. The molecule has 0 radical (unpaired) electrons. The molecule has 8 nitrogen and oxygen atoms in total. The number of nitrogens with one attached hydrogen (secondary N) is 1. The van der Waals surface area contributed by atoms with Gasteiger partial charge in [-0.3, -0.25) is 9.78 Å². The van der Waals surface area contributed by atoms with Crippen LogP contribution in [0.4, 0.5) is 5.69 Å². The van der Waals surface area contributed by atoms with E-state index in [9.17, 15) is 4.79 Å². The molecule has 1 amide bonds. The fourth-order valence-electron chi connectivity index (χ4n) is 3.28. The van der Waals surface area contributed by atoms with Gasteiger partial charge in [-0.1, -0.05) is 12.1 Å². The Bertz CT molecular complexity index is 1390. The molecule has 0 spiro atoms. The zero-order valence-corrected chi connectivity index (χ0v) is 17.6. The lowest BCUT2D eigenvalue weighted by Gasteiger charge is -2.07. The number of pyridine rings is 1. The van der Waals surface area contributed by atoms with E-state index >= 15 is 0 Å². The summed E-state index contributed by atoms with van der Waals surface area (Å²) in [7, 11) is 0. The van der Waals surface area contributed by atoms with Crippen LogP contribution in [0.3, 0.4) is 0 Å². The summed E-state index contributed by atoms with van der Waals surface area (Å²) in [4.78, 5) is 21.5. The number of aryl methyl sites for hydroxylation is 2. The Morgan fingerprint density at radius 3 is 2.42 bits per heavy atom. The molecule has 0 aliphatic rings. The third-order valence-electron chi connectivity index (χ3n) is 4.75. The van der Waals surface area contributed by atoms with Gasteiger partial charge in [-0.25, -0.2) is 4.98 Å². The Morgan fingerprint density at radius 1 is 0.935 bits per heavy atom. The van der Waals surface area contributed by atoms with Crippen LogP contribution in [0.2, 0.25) is 0 Å². The van der Waals surface area contributed by atoms with E-state index < -0.39 is 0 Å². The van der Waals surface area contributed by atoms with Crippen LogP contribution in [0.1, 0.15) is 20.4 Å². The van der Waals surface area contributed by atoms with Crippen molar-refractivity contribution in [1.82, 2.24) is 29.8 Å². The van der Waals surface area contributed by atoms with Gasteiger partial charge >= 0.3 is 0 Å². The zero-order chi connectivity index (χ0) is 21.4. The van der Waals surface area contributed by atoms with Gasteiger partial charge in [-0.05, 0) is 50.2 Å². The van der Waals surface area contributed by atoms with Crippen LogP contribution in [0, 0.1) is 13.8 Å². The molecule has 5 aromatic rings. The fourth-order valence-corrected chi connectivity index (χ4v) is 4.09. The Hall–Kier alpha value is -3.98. The minimum absolute atomic E-state index is 0.151. The first kappa shape index (κ1) is 19.0. The van der Waals surface area contributed by atoms with Crippen LogP contribution in [-0.2, 0) is 0 Å². The molecule has 4 heterocycles. The molecule has 0 aliphatic heterocycles. The second kappa shape index (κ2) is 7.69. The Kier molecular flexibility index (Phi) is 4.72. The van der Waals surface area contributed by atoms with Crippen molar-refractivity contribution in [2.75, 3.05) is 5.32 Å². The highest BCUT2D eigenvalue weighted by Crippen LogP contribution is 2.24. The topological polar surface area (TPSA) is 98.0 Å². The second-order valence-electron chi connectivity index (χ2n) is 6.93. The minimum atomic E-state index is -0.151. The number of nitrogens with zero attached hydrogens (tertiary/aromatic N) is 6. The molecule has 0 aliphatic carbocycles. The molecule has 31 heavy (non-hydrogen) atoms. The first-order chi connectivity index (χ1) is 15.1. The summed E-state index contributed by atoms with van der Waals surface area (Å²) < 4.78 is 1.72. The van der Waals surface area contributed by atoms with E-state index in [4.69, 9.17) is 5.10 Å². The number of rotatable bonds is 4. The third-order valence-corrected chi connectivity index (χ3v) is 5.82. The highest BCUT2D eigenvalue weighted by atomic mass is 32.1. The first-order valence-corrected chi connectivity index (χ1v) is 10.4. The average molecular weight is 427 g/mol. The normalized spacial score (nSPS) is 11.0. The number of hydrogen-bond donors (Lipinski definition) is 1. The number of thiazole rings is 1. The molecule has 1 N–H and O–H groups in total.